The molecule has 0 bridgehead atoms. The zero-order valence-corrected chi connectivity index (χ0v) is 18.3. The van der Waals surface area contributed by atoms with Crippen molar-refractivity contribution in [2.45, 2.75) is 58.3 Å². The van der Waals surface area contributed by atoms with Crippen molar-refractivity contribution in [3.05, 3.63) is 59.5 Å². The van der Waals surface area contributed by atoms with E-state index in [0.717, 1.165) is 22.4 Å². The summed E-state index contributed by atoms with van der Waals surface area (Å²) in [7, 11) is 2.04. The molecule has 0 saturated carbocycles. The minimum Gasteiger partial charge on any atom is -0.455 e. The van der Waals surface area contributed by atoms with Gasteiger partial charge in [-0.1, -0.05) is 50.9 Å². The van der Waals surface area contributed by atoms with Crippen molar-refractivity contribution in [3.8, 4) is 11.3 Å². The molecule has 2 heterocycles. The first kappa shape index (κ1) is 18.4. The molecule has 0 radical (unpaired) electrons. The van der Waals surface area contributed by atoms with Gasteiger partial charge >= 0.3 is 0 Å². The zero-order valence-electron chi connectivity index (χ0n) is 18.3. The molecule has 0 unspecified atom stereocenters. The molecule has 3 nitrogen and oxygen atoms in total. The molecule has 148 valence electrons. The van der Waals surface area contributed by atoms with Crippen LogP contribution in [0.25, 0.3) is 33.2 Å². The number of rotatable bonds is 1. The van der Waals surface area contributed by atoms with Crippen molar-refractivity contribution < 1.29 is 8.98 Å². The molecule has 0 amide bonds. The van der Waals surface area contributed by atoms with Gasteiger partial charge in [-0.05, 0) is 53.4 Å². The lowest BCUT2D eigenvalue weighted by molar-refractivity contribution is -0.663. The molecular weight excluding hydrogens is 356 g/mol. The minimum atomic E-state index is 0.132. The second kappa shape index (κ2) is 5.91. The average Bonchev–Trinajstić information content (AvgIpc) is 3.04. The van der Waals surface area contributed by atoms with Gasteiger partial charge in [0.2, 0.25) is 0 Å². The van der Waals surface area contributed by atoms with Crippen molar-refractivity contribution in [1.82, 2.24) is 4.98 Å². The van der Waals surface area contributed by atoms with Crippen LogP contribution in [0.5, 0.6) is 0 Å². The summed E-state index contributed by atoms with van der Waals surface area (Å²) in [5.41, 5.74) is 8.73. The summed E-state index contributed by atoms with van der Waals surface area (Å²) in [5, 5.41) is 2.52. The number of fused-ring (bicyclic) bond motifs is 5. The highest BCUT2D eigenvalue weighted by Crippen LogP contribution is 2.51. The number of hydrogen-bond donors (Lipinski definition) is 0. The van der Waals surface area contributed by atoms with Crippen LogP contribution in [0.1, 0.15) is 57.2 Å². The van der Waals surface area contributed by atoms with E-state index in [2.05, 4.69) is 74.5 Å². The molecule has 0 N–H and O–H groups in total. The molecule has 29 heavy (non-hydrogen) atoms. The SMILES string of the molecule is Cc1ccc2c(oc3ccc4c(c32)C(C)(C)CCC4(C)C)c1-c1ccnc[n+]1C. The summed E-state index contributed by atoms with van der Waals surface area (Å²) < 4.78 is 8.63. The third-order valence-electron chi connectivity index (χ3n) is 6.99. The van der Waals surface area contributed by atoms with Crippen LogP contribution >= 0.6 is 0 Å². The lowest BCUT2D eigenvalue weighted by atomic mass is 9.62. The van der Waals surface area contributed by atoms with Crippen LogP contribution in [-0.2, 0) is 17.9 Å². The van der Waals surface area contributed by atoms with Crippen molar-refractivity contribution in [3.63, 3.8) is 0 Å². The van der Waals surface area contributed by atoms with Crippen LogP contribution in [0.3, 0.4) is 0 Å². The van der Waals surface area contributed by atoms with Gasteiger partial charge < -0.3 is 4.42 Å². The number of hydrogen-bond acceptors (Lipinski definition) is 2. The first-order valence-corrected chi connectivity index (χ1v) is 10.5. The van der Waals surface area contributed by atoms with Crippen molar-refractivity contribution in [2.24, 2.45) is 7.05 Å². The van der Waals surface area contributed by atoms with Crippen LogP contribution in [0.4, 0.5) is 0 Å². The lowest BCUT2D eigenvalue weighted by Crippen LogP contribution is -2.33. The lowest BCUT2D eigenvalue weighted by Gasteiger charge is -2.42. The quantitative estimate of drug-likeness (QED) is 0.369. The maximum atomic E-state index is 6.57. The van der Waals surface area contributed by atoms with E-state index < -0.39 is 0 Å². The average molecular weight is 386 g/mol. The van der Waals surface area contributed by atoms with Crippen LogP contribution in [-0.4, -0.2) is 4.98 Å². The Hall–Kier alpha value is -2.68. The molecule has 5 rings (SSSR count). The number of aryl methyl sites for hydroxylation is 2. The Kier molecular flexibility index (Phi) is 3.74. The van der Waals surface area contributed by atoms with Gasteiger partial charge in [0.15, 0.2) is 0 Å². The third kappa shape index (κ3) is 2.56. The molecule has 3 heteroatoms. The monoisotopic (exact) mass is 385 g/mol. The predicted molar refractivity (Wildman–Crippen MR) is 118 cm³/mol. The Morgan fingerprint density at radius 1 is 0.966 bits per heavy atom. The normalized spacial score (nSPS) is 17.6. The van der Waals surface area contributed by atoms with Gasteiger partial charge in [0.25, 0.3) is 6.33 Å². The fraction of sp³-hybridized carbons (Fsp3) is 0.385. The van der Waals surface area contributed by atoms with Crippen LogP contribution in [0.2, 0.25) is 0 Å². The first-order chi connectivity index (χ1) is 13.7. The highest BCUT2D eigenvalue weighted by Gasteiger charge is 2.39. The second-order valence-electron chi connectivity index (χ2n) is 9.94. The Morgan fingerprint density at radius 3 is 2.48 bits per heavy atom. The molecular formula is C26H29N2O+. The van der Waals surface area contributed by atoms with Crippen molar-refractivity contribution >= 4 is 21.9 Å². The summed E-state index contributed by atoms with van der Waals surface area (Å²) >= 11 is 0. The molecule has 0 atom stereocenters. The van der Waals surface area contributed by atoms with Crippen LogP contribution in [0.15, 0.2) is 47.3 Å². The minimum absolute atomic E-state index is 0.132. The largest absolute Gasteiger partial charge is 0.455 e. The van der Waals surface area contributed by atoms with Crippen LogP contribution < -0.4 is 4.57 Å². The Morgan fingerprint density at radius 2 is 1.72 bits per heavy atom. The number of nitrogens with zero attached hydrogens (tertiary/aromatic N) is 2. The van der Waals surface area contributed by atoms with E-state index >= 15 is 0 Å². The predicted octanol–water partition coefficient (Wildman–Crippen LogP) is 6.13. The van der Waals surface area contributed by atoms with E-state index in [-0.39, 0.29) is 10.8 Å². The summed E-state index contributed by atoms with van der Waals surface area (Å²) in [6.45, 7) is 11.7. The van der Waals surface area contributed by atoms with Gasteiger partial charge in [0.05, 0.1) is 12.6 Å². The van der Waals surface area contributed by atoms with Gasteiger partial charge in [0.1, 0.15) is 23.1 Å². The van der Waals surface area contributed by atoms with Gasteiger partial charge in [-0.2, -0.15) is 0 Å². The zero-order chi connectivity index (χ0) is 20.6. The summed E-state index contributed by atoms with van der Waals surface area (Å²) in [4.78, 5) is 4.25. The Balaban J connectivity index is 1.95. The van der Waals surface area contributed by atoms with Gasteiger partial charge in [0, 0.05) is 16.8 Å². The summed E-state index contributed by atoms with van der Waals surface area (Å²) in [6.07, 6.45) is 6.11. The third-order valence-corrected chi connectivity index (χ3v) is 6.99. The van der Waals surface area contributed by atoms with E-state index in [4.69, 9.17) is 4.42 Å². The second-order valence-corrected chi connectivity index (χ2v) is 9.94. The topological polar surface area (TPSA) is 29.9 Å². The fourth-order valence-corrected chi connectivity index (χ4v) is 5.19. The first-order valence-electron chi connectivity index (χ1n) is 10.5. The number of furan rings is 1. The van der Waals surface area contributed by atoms with Gasteiger partial charge in [-0.15, -0.1) is 0 Å². The molecule has 1 aliphatic rings. The van der Waals surface area contributed by atoms with Crippen molar-refractivity contribution in [1.29, 1.82) is 0 Å². The molecule has 2 aromatic heterocycles. The molecule has 0 aliphatic heterocycles. The summed E-state index contributed by atoms with van der Waals surface area (Å²) in [6, 6.07) is 11.0. The molecule has 0 spiro atoms. The Bertz CT molecular complexity index is 1280. The fourth-order valence-electron chi connectivity index (χ4n) is 5.19. The van der Waals surface area contributed by atoms with Crippen LogP contribution in [0, 0.1) is 6.92 Å². The molecule has 4 aromatic rings. The van der Waals surface area contributed by atoms with E-state index in [9.17, 15) is 0 Å². The highest BCUT2D eigenvalue weighted by atomic mass is 16.3. The maximum Gasteiger partial charge on any atom is 0.286 e. The highest BCUT2D eigenvalue weighted by molar-refractivity contribution is 6.12. The molecule has 2 aromatic carbocycles. The van der Waals surface area contributed by atoms with E-state index in [1.54, 1.807) is 0 Å². The van der Waals surface area contributed by atoms with Gasteiger partial charge in [-0.3, -0.25) is 0 Å². The standard InChI is InChI=1S/C26H29N2O/c1-16-7-8-17-22-20(29-24(17)21(16)19-11-14-27-15-28(19)6)10-9-18-23(22)26(4,5)13-12-25(18,2)3/h7-11,14-15H,12-13H2,1-6H3/q+1. The van der Waals surface area contributed by atoms with Crippen molar-refractivity contribution in [2.75, 3.05) is 0 Å². The van der Waals surface area contributed by atoms with E-state index in [1.165, 1.54) is 40.3 Å². The molecule has 0 fully saturated rings. The smallest absolute Gasteiger partial charge is 0.286 e. The van der Waals surface area contributed by atoms with Gasteiger partial charge in [-0.25, -0.2) is 4.57 Å². The molecule has 1 aliphatic carbocycles. The van der Waals surface area contributed by atoms with E-state index in [0.29, 0.717) is 0 Å². The molecule has 0 saturated heterocycles. The maximum absolute atomic E-state index is 6.57. The number of aromatic nitrogens is 2. The van der Waals surface area contributed by atoms with E-state index in [1.807, 2.05) is 19.6 Å². The Labute approximate surface area is 172 Å². The summed E-state index contributed by atoms with van der Waals surface area (Å²) in [5.74, 6) is 0. The number of benzene rings is 2.